The summed E-state index contributed by atoms with van der Waals surface area (Å²) in [6, 6.07) is 6.01. The molecule has 1 unspecified atom stereocenters. The molecule has 0 heterocycles. The number of hydrogen-bond donors (Lipinski definition) is 2. The lowest BCUT2D eigenvalue weighted by Gasteiger charge is -2.29. The van der Waals surface area contributed by atoms with Crippen LogP contribution in [0, 0.1) is 11.8 Å². The average molecular weight is 366 g/mol. The van der Waals surface area contributed by atoms with Gasteiger partial charge in [-0.1, -0.05) is 40.2 Å². The van der Waals surface area contributed by atoms with Crippen LogP contribution >= 0.6 is 0 Å². The molecule has 0 amide bonds. The van der Waals surface area contributed by atoms with E-state index in [1.54, 1.807) is 7.11 Å². The van der Waals surface area contributed by atoms with Gasteiger partial charge in [0.2, 0.25) is 0 Å². The summed E-state index contributed by atoms with van der Waals surface area (Å²) in [7, 11) is 1.68. The van der Waals surface area contributed by atoms with Crippen molar-refractivity contribution in [2.24, 2.45) is 17.6 Å². The van der Waals surface area contributed by atoms with Gasteiger partial charge in [0.15, 0.2) is 0 Å². The monoisotopic (exact) mass is 365 g/mol. The van der Waals surface area contributed by atoms with Crippen molar-refractivity contribution in [1.29, 1.82) is 0 Å². The van der Waals surface area contributed by atoms with Gasteiger partial charge in [-0.05, 0) is 55.6 Å². The minimum Gasteiger partial charge on any atom is -0.496 e. The molecule has 4 heteroatoms. The Morgan fingerprint density at radius 2 is 1.85 bits per heavy atom. The van der Waals surface area contributed by atoms with E-state index in [4.69, 9.17) is 15.2 Å². The third-order valence-corrected chi connectivity index (χ3v) is 4.72. The molecule has 4 nitrogen and oxygen atoms in total. The van der Waals surface area contributed by atoms with Crippen molar-refractivity contribution in [2.75, 3.05) is 20.3 Å². The number of aliphatic hydroxyl groups excluding tert-OH is 1. The first-order chi connectivity index (χ1) is 12.3. The minimum absolute atomic E-state index is 0.00503. The molecule has 3 N–H and O–H groups in total. The van der Waals surface area contributed by atoms with Gasteiger partial charge < -0.3 is 20.3 Å². The van der Waals surface area contributed by atoms with Crippen molar-refractivity contribution in [1.82, 2.24) is 0 Å². The minimum atomic E-state index is -0.537. The van der Waals surface area contributed by atoms with E-state index < -0.39 is 5.54 Å². The fourth-order valence-corrected chi connectivity index (χ4v) is 3.31. The zero-order chi connectivity index (χ0) is 19.6. The molecular formula is C22H39NO3. The molecule has 1 rings (SSSR count). The second-order valence-electron chi connectivity index (χ2n) is 8.33. The summed E-state index contributed by atoms with van der Waals surface area (Å²) in [5, 5.41) is 9.68. The van der Waals surface area contributed by atoms with Crippen molar-refractivity contribution < 1.29 is 14.6 Å². The number of benzene rings is 1. The molecule has 1 aromatic rings. The van der Waals surface area contributed by atoms with E-state index in [9.17, 15) is 5.11 Å². The molecule has 0 aromatic heterocycles. The van der Waals surface area contributed by atoms with Crippen LogP contribution in [0.2, 0.25) is 0 Å². The number of unbranched alkanes of at least 4 members (excludes halogenated alkanes) is 1. The van der Waals surface area contributed by atoms with Crippen LogP contribution in [0.1, 0.15) is 65.4 Å². The number of aliphatic hydroxyl groups is 1. The maximum atomic E-state index is 9.68. The number of aryl methyl sites for hydroxylation is 1. The fraction of sp³-hybridized carbons (Fsp3) is 0.727. The Kier molecular flexibility index (Phi) is 10.0. The fourth-order valence-electron chi connectivity index (χ4n) is 3.31. The highest BCUT2D eigenvalue weighted by Gasteiger charge is 2.25. The van der Waals surface area contributed by atoms with Gasteiger partial charge in [0.1, 0.15) is 11.5 Å². The summed E-state index contributed by atoms with van der Waals surface area (Å²) in [6.45, 7) is 9.50. The van der Waals surface area contributed by atoms with Gasteiger partial charge in [0.05, 0.1) is 20.3 Å². The van der Waals surface area contributed by atoms with Crippen LogP contribution in [0.15, 0.2) is 18.2 Å². The van der Waals surface area contributed by atoms with E-state index in [0.717, 1.165) is 55.3 Å². The third-order valence-electron chi connectivity index (χ3n) is 4.72. The molecule has 0 aliphatic heterocycles. The summed E-state index contributed by atoms with van der Waals surface area (Å²) in [5.41, 5.74) is 6.93. The lowest BCUT2D eigenvalue weighted by molar-refractivity contribution is 0.165. The number of nitrogens with two attached hydrogens (primary N) is 1. The largest absolute Gasteiger partial charge is 0.496 e. The summed E-state index contributed by atoms with van der Waals surface area (Å²) < 4.78 is 11.4. The predicted molar refractivity (Wildman–Crippen MR) is 109 cm³/mol. The Hall–Kier alpha value is -1.26. The normalized spacial score (nSPS) is 13.9. The average Bonchev–Trinajstić information content (AvgIpc) is 2.59. The first-order valence-corrected chi connectivity index (χ1v) is 9.99. The van der Waals surface area contributed by atoms with Gasteiger partial charge in [0, 0.05) is 11.6 Å². The number of methoxy groups -OCH3 is 1. The van der Waals surface area contributed by atoms with Crippen molar-refractivity contribution in [3.8, 4) is 11.5 Å². The highest BCUT2D eigenvalue weighted by Crippen LogP contribution is 2.28. The molecule has 0 aliphatic rings. The van der Waals surface area contributed by atoms with Crippen LogP contribution in [0.3, 0.4) is 0 Å². The Morgan fingerprint density at radius 1 is 1.12 bits per heavy atom. The molecule has 0 saturated heterocycles. The van der Waals surface area contributed by atoms with Gasteiger partial charge >= 0.3 is 0 Å². The molecular weight excluding hydrogens is 326 g/mol. The Labute approximate surface area is 160 Å². The lowest BCUT2D eigenvalue weighted by atomic mass is 9.85. The zero-order valence-electron chi connectivity index (χ0n) is 17.4. The zero-order valence-corrected chi connectivity index (χ0v) is 17.4. The standard InChI is InChI=1S/C22H39NO3/c1-17(2)8-6-7-13-26-20-10-9-19(21(14-20)25-5)11-12-22(23,16-24)15-18(3)4/h9-10,14,17-18,24H,6-8,11-13,15-16,23H2,1-5H3. The van der Waals surface area contributed by atoms with Crippen LogP contribution in [0.5, 0.6) is 11.5 Å². The van der Waals surface area contributed by atoms with Crippen LogP contribution in [0.4, 0.5) is 0 Å². The molecule has 150 valence electrons. The second-order valence-corrected chi connectivity index (χ2v) is 8.33. The topological polar surface area (TPSA) is 64.7 Å². The van der Waals surface area contributed by atoms with E-state index in [1.807, 2.05) is 12.1 Å². The van der Waals surface area contributed by atoms with Crippen molar-refractivity contribution >= 4 is 0 Å². The molecule has 0 aliphatic carbocycles. The number of ether oxygens (including phenoxy) is 2. The SMILES string of the molecule is COc1cc(OCCCCC(C)C)ccc1CCC(N)(CO)CC(C)C. The van der Waals surface area contributed by atoms with E-state index >= 15 is 0 Å². The third kappa shape index (κ3) is 8.41. The quantitative estimate of drug-likeness (QED) is 0.503. The summed E-state index contributed by atoms with van der Waals surface area (Å²) in [6.07, 6.45) is 5.83. The highest BCUT2D eigenvalue weighted by molar-refractivity contribution is 5.41. The van der Waals surface area contributed by atoms with Crippen molar-refractivity contribution in [3.05, 3.63) is 23.8 Å². The molecule has 0 bridgehead atoms. The smallest absolute Gasteiger partial charge is 0.125 e. The Balaban J connectivity index is 2.59. The van der Waals surface area contributed by atoms with E-state index in [0.29, 0.717) is 5.92 Å². The Bertz CT molecular complexity index is 516. The first-order valence-electron chi connectivity index (χ1n) is 9.99. The van der Waals surface area contributed by atoms with Gasteiger partial charge in [-0.2, -0.15) is 0 Å². The highest BCUT2D eigenvalue weighted by atomic mass is 16.5. The van der Waals surface area contributed by atoms with Gasteiger partial charge in [-0.3, -0.25) is 0 Å². The van der Waals surface area contributed by atoms with Crippen LogP contribution in [-0.4, -0.2) is 31.0 Å². The molecule has 26 heavy (non-hydrogen) atoms. The van der Waals surface area contributed by atoms with Gasteiger partial charge in [-0.25, -0.2) is 0 Å². The number of rotatable bonds is 13. The maximum Gasteiger partial charge on any atom is 0.125 e. The molecule has 0 saturated carbocycles. The van der Waals surface area contributed by atoms with E-state index in [2.05, 4.69) is 33.8 Å². The molecule has 0 radical (unpaired) electrons. The van der Waals surface area contributed by atoms with Crippen LogP contribution in [-0.2, 0) is 6.42 Å². The second kappa shape index (κ2) is 11.5. The van der Waals surface area contributed by atoms with E-state index in [1.165, 1.54) is 12.8 Å². The molecule has 1 aromatic carbocycles. The number of hydrogen-bond acceptors (Lipinski definition) is 4. The molecule has 0 fully saturated rings. The van der Waals surface area contributed by atoms with Crippen molar-refractivity contribution in [3.63, 3.8) is 0 Å². The summed E-state index contributed by atoms with van der Waals surface area (Å²) in [4.78, 5) is 0. The van der Waals surface area contributed by atoms with Crippen LogP contribution in [0.25, 0.3) is 0 Å². The summed E-state index contributed by atoms with van der Waals surface area (Å²) >= 11 is 0. The summed E-state index contributed by atoms with van der Waals surface area (Å²) in [5.74, 6) is 2.88. The van der Waals surface area contributed by atoms with Gasteiger partial charge in [-0.15, -0.1) is 0 Å². The predicted octanol–water partition coefficient (Wildman–Crippen LogP) is 4.57. The Morgan fingerprint density at radius 3 is 2.42 bits per heavy atom. The maximum absolute atomic E-state index is 9.68. The first kappa shape index (κ1) is 22.8. The molecule has 1 atom stereocenters. The van der Waals surface area contributed by atoms with Gasteiger partial charge in [0.25, 0.3) is 0 Å². The lowest BCUT2D eigenvalue weighted by Crippen LogP contribution is -2.45. The van der Waals surface area contributed by atoms with Crippen LogP contribution < -0.4 is 15.2 Å². The molecule has 0 spiro atoms. The van der Waals surface area contributed by atoms with Crippen molar-refractivity contribution in [2.45, 2.75) is 71.8 Å². The van der Waals surface area contributed by atoms with E-state index in [-0.39, 0.29) is 6.61 Å².